The van der Waals surface area contributed by atoms with Gasteiger partial charge in [0.05, 0.1) is 18.5 Å². The van der Waals surface area contributed by atoms with E-state index in [0.29, 0.717) is 22.6 Å². The van der Waals surface area contributed by atoms with Crippen LogP contribution in [0, 0.1) is 0 Å². The van der Waals surface area contributed by atoms with Gasteiger partial charge in [-0.25, -0.2) is 0 Å². The summed E-state index contributed by atoms with van der Waals surface area (Å²) in [6, 6.07) is 14.0. The molecule has 0 atom stereocenters. The number of carbonyl (C=O) groups is 2. The standard InChI is InChI=1S/C17H13NO3/c1-21-16-9-5-4-8-13(16)18-14-10-15(19)11-6-2-3-7-12(11)17(14)20/h2-10,18H,1H3. The van der Waals surface area contributed by atoms with Crippen molar-refractivity contribution in [2.75, 3.05) is 12.4 Å². The van der Waals surface area contributed by atoms with E-state index in [4.69, 9.17) is 4.74 Å². The van der Waals surface area contributed by atoms with Crippen LogP contribution < -0.4 is 10.1 Å². The molecule has 2 aromatic rings. The van der Waals surface area contributed by atoms with Crippen LogP contribution in [0.25, 0.3) is 0 Å². The number of benzene rings is 2. The summed E-state index contributed by atoms with van der Waals surface area (Å²) in [5.41, 5.74) is 1.76. The Morgan fingerprint density at radius 2 is 1.57 bits per heavy atom. The molecule has 0 bridgehead atoms. The fourth-order valence-corrected chi connectivity index (χ4v) is 2.30. The van der Waals surface area contributed by atoms with Crippen molar-refractivity contribution < 1.29 is 14.3 Å². The number of para-hydroxylation sites is 2. The van der Waals surface area contributed by atoms with Crippen LogP contribution >= 0.6 is 0 Å². The van der Waals surface area contributed by atoms with Crippen LogP contribution in [0.1, 0.15) is 20.7 Å². The fourth-order valence-electron chi connectivity index (χ4n) is 2.30. The van der Waals surface area contributed by atoms with Gasteiger partial charge in [-0.2, -0.15) is 0 Å². The lowest BCUT2D eigenvalue weighted by molar-refractivity contribution is 0.0985. The highest BCUT2D eigenvalue weighted by atomic mass is 16.5. The van der Waals surface area contributed by atoms with Crippen LogP contribution in [0.15, 0.2) is 60.3 Å². The molecule has 0 fully saturated rings. The van der Waals surface area contributed by atoms with E-state index in [9.17, 15) is 9.59 Å². The monoisotopic (exact) mass is 279 g/mol. The summed E-state index contributed by atoms with van der Waals surface area (Å²) >= 11 is 0. The molecule has 1 N–H and O–H groups in total. The number of hydrogen-bond donors (Lipinski definition) is 1. The van der Waals surface area contributed by atoms with Gasteiger partial charge in [0.15, 0.2) is 5.78 Å². The summed E-state index contributed by atoms with van der Waals surface area (Å²) in [5, 5.41) is 2.99. The molecule has 4 nitrogen and oxygen atoms in total. The molecule has 0 aliphatic heterocycles. The summed E-state index contributed by atoms with van der Waals surface area (Å²) in [6.07, 6.45) is 1.33. The number of nitrogens with one attached hydrogen (secondary N) is 1. The maximum absolute atomic E-state index is 12.4. The number of Topliss-reactive ketones (excluding diaryl/α,β-unsaturated/α-hetero) is 1. The molecular formula is C17H13NO3. The summed E-state index contributed by atoms with van der Waals surface area (Å²) in [5.74, 6) is 0.233. The molecule has 0 aromatic heterocycles. The number of anilines is 1. The van der Waals surface area contributed by atoms with Crippen LogP contribution in [0.4, 0.5) is 5.69 Å². The molecular weight excluding hydrogens is 266 g/mol. The average molecular weight is 279 g/mol. The van der Waals surface area contributed by atoms with Crippen molar-refractivity contribution in [2.45, 2.75) is 0 Å². The summed E-state index contributed by atoms with van der Waals surface area (Å²) in [4.78, 5) is 24.5. The third kappa shape index (κ3) is 2.31. The zero-order valence-electron chi connectivity index (χ0n) is 11.4. The van der Waals surface area contributed by atoms with E-state index < -0.39 is 0 Å². The predicted octanol–water partition coefficient (Wildman–Crippen LogP) is 3.07. The first-order chi connectivity index (χ1) is 10.2. The number of carbonyl (C=O) groups excluding carboxylic acids is 2. The first kappa shape index (κ1) is 13.1. The van der Waals surface area contributed by atoms with E-state index in [0.717, 1.165) is 0 Å². The lowest BCUT2D eigenvalue weighted by atomic mass is 9.92. The van der Waals surface area contributed by atoms with Gasteiger partial charge < -0.3 is 10.1 Å². The summed E-state index contributed by atoms with van der Waals surface area (Å²) in [6.45, 7) is 0. The summed E-state index contributed by atoms with van der Waals surface area (Å²) < 4.78 is 5.23. The SMILES string of the molecule is COc1ccccc1NC1=CC(=O)c2ccccc2C1=O. The largest absolute Gasteiger partial charge is 0.495 e. The van der Waals surface area contributed by atoms with Gasteiger partial charge in [-0.1, -0.05) is 36.4 Å². The quantitative estimate of drug-likeness (QED) is 0.938. The van der Waals surface area contributed by atoms with Crippen LogP contribution in [-0.2, 0) is 0 Å². The molecule has 1 aliphatic carbocycles. The van der Waals surface area contributed by atoms with E-state index in [-0.39, 0.29) is 17.3 Å². The minimum absolute atomic E-state index is 0.178. The van der Waals surface area contributed by atoms with Crippen molar-refractivity contribution in [1.29, 1.82) is 0 Å². The van der Waals surface area contributed by atoms with Crippen LogP contribution in [0.3, 0.4) is 0 Å². The highest BCUT2D eigenvalue weighted by molar-refractivity contribution is 6.25. The predicted molar refractivity (Wildman–Crippen MR) is 79.8 cm³/mol. The second-order valence-electron chi connectivity index (χ2n) is 4.62. The van der Waals surface area contributed by atoms with Gasteiger partial charge in [0, 0.05) is 17.2 Å². The third-order valence-corrected chi connectivity index (χ3v) is 3.33. The molecule has 0 unspecified atom stereocenters. The normalized spacial score (nSPS) is 13.5. The van der Waals surface area contributed by atoms with E-state index in [1.807, 2.05) is 12.1 Å². The Bertz CT molecular complexity index is 762. The van der Waals surface area contributed by atoms with Crippen molar-refractivity contribution >= 4 is 17.3 Å². The van der Waals surface area contributed by atoms with E-state index >= 15 is 0 Å². The van der Waals surface area contributed by atoms with Gasteiger partial charge in [0.1, 0.15) is 5.75 Å². The number of hydrogen-bond acceptors (Lipinski definition) is 4. The van der Waals surface area contributed by atoms with E-state index in [1.54, 1.807) is 43.5 Å². The first-order valence-electron chi connectivity index (χ1n) is 6.50. The van der Waals surface area contributed by atoms with Crippen molar-refractivity contribution in [3.8, 4) is 5.75 Å². The van der Waals surface area contributed by atoms with Crippen molar-refractivity contribution in [3.05, 3.63) is 71.4 Å². The topological polar surface area (TPSA) is 55.4 Å². The number of fused-ring (bicyclic) bond motifs is 1. The first-order valence-corrected chi connectivity index (χ1v) is 6.50. The Morgan fingerprint density at radius 3 is 2.33 bits per heavy atom. The van der Waals surface area contributed by atoms with Crippen molar-refractivity contribution in [2.24, 2.45) is 0 Å². The maximum Gasteiger partial charge on any atom is 0.210 e. The molecule has 0 saturated carbocycles. The minimum atomic E-state index is -0.198. The Hall–Kier alpha value is -2.88. The molecule has 0 spiro atoms. The summed E-state index contributed by atoms with van der Waals surface area (Å²) in [7, 11) is 1.55. The maximum atomic E-state index is 12.4. The molecule has 0 heterocycles. The number of ketones is 2. The minimum Gasteiger partial charge on any atom is -0.495 e. The fraction of sp³-hybridized carbons (Fsp3) is 0.0588. The smallest absolute Gasteiger partial charge is 0.210 e. The lowest BCUT2D eigenvalue weighted by Gasteiger charge is -2.17. The van der Waals surface area contributed by atoms with Crippen LogP contribution in [0.2, 0.25) is 0 Å². The van der Waals surface area contributed by atoms with Gasteiger partial charge in [0.2, 0.25) is 5.78 Å². The van der Waals surface area contributed by atoms with Crippen molar-refractivity contribution in [3.63, 3.8) is 0 Å². The van der Waals surface area contributed by atoms with Crippen molar-refractivity contribution in [1.82, 2.24) is 0 Å². The third-order valence-electron chi connectivity index (χ3n) is 3.33. The molecule has 0 amide bonds. The number of allylic oxidation sites excluding steroid dienone is 2. The lowest BCUT2D eigenvalue weighted by Crippen LogP contribution is -2.21. The van der Waals surface area contributed by atoms with Crippen LogP contribution in [0.5, 0.6) is 5.75 Å². The second-order valence-corrected chi connectivity index (χ2v) is 4.62. The molecule has 2 aromatic carbocycles. The van der Waals surface area contributed by atoms with Gasteiger partial charge in [-0.05, 0) is 12.1 Å². The molecule has 21 heavy (non-hydrogen) atoms. The number of methoxy groups -OCH3 is 1. The molecule has 0 saturated heterocycles. The Balaban J connectivity index is 1.98. The van der Waals surface area contributed by atoms with Gasteiger partial charge >= 0.3 is 0 Å². The van der Waals surface area contributed by atoms with Crippen LogP contribution in [-0.4, -0.2) is 18.7 Å². The molecule has 3 rings (SSSR count). The molecule has 1 aliphatic rings. The molecule has 4 heteroatoms. The highest BCUT2D eigenvalue weighted by Crippen LogP contribution is 2.27. The Morgan fingerprint density at radius 1 is 0.905 bits per heavy atom. The second kappa shape index (κ2) is 5.25. The average Bonchev–Trinajstić information content (AvgIpc) is 2.53. The molecule has 104 valence electrons. The van der Waals surface area contributed by atoms with Gasteiger partial charge in [-0.15, -0.1) is 0 Å². The van der Waals surface area contributed by atoms with E-state index in [1.165, 1.54) is 6.08 Å². The van der Waals surface area contributed by atoms with Gasteiger partial charge in [-0.3, -0.25) is 9.59 Å². The number of rotatable bonds is 3. The Labute approximate surface area is 122 Å². The zero-order chi connectivity index (χ0) is 14.8. The zero-order valence-corrected chi connectivity index (χ0v) is 11.4. The van der Waals surface area contributed by atoms with E-state index in [2.05, 4.69) is 5.32 Å². The number of ether oxygens (including phenoxy) is 1. The Kier molecular flexibility index (Phi) is 3.28. The molecule has 0 radical (unpaired) electrons. The highest BCUT2D eigenvalue weighted by Gasteiger charge is 2.25. The van der Waals surface area contributed by atoms with Gasteiger partial charge in [0.25, 0.3) is 0 Å².